The van der Waals surface area contributed by atoms with Crippen molar-refractivity contribution in [2.75, 3.05) is 20.4 Å². The molecule has 28 heavy (non-hydrogen) atoms. The van der Waals surface area contributed by atoms with Gasteiger partial charge in [-0.2, -0.15) is 17.0 Å². The van der Waals surface area contributed by atoms with E-state index in [4.69, 9.17) is 11.6 Å². The van der Waals surface area contributed by atoms with Crippen molar-refractivity contribution in [3.8, 4) is 0 Å². The molecule has 0 amide bonds. The van der Waals surface area contributed by atoms with Gasteiger partial charge in [0.15, 0.2) is 9.84 Å². The summed E-state index contributed by atoms with van der Waals surface area (Å²) < 4.78 is 65.1. The molecule has 1 unspecified atom stereocenters. The van der Waals surface area contributed by atoms with Gasteiger partial charge in [-0.25, -0.2) is 12.8 Å². The predicted molar refractivity (Wildman–Crippen MR) is 108 cm³/mol. The average Bonchev–Trinajstić information content (AvgIpc) is 2.62. The largest absolute Gasteiger partial charge is 0.282 e. The van der Waals surface area contributed by atoms with E-state index in [2.05, 4.69) is 0 Å². The van der Waals surface area contributed by atoms with Gasteiger partial charge in [-0.3, -0.25) is 0 Å². The van der Waals surface area contributed by atoms with Gasteiger partial charge in [0.1, 0.15) is 5.82 Å². The minimum Gasteiger partial charge on any atom is -0.224 e. The Labute approximate surface area is 170 Å². The lowest BCUT2D eigenvalue weighted by Gasteiger charge is -2.29. The van der Waals surface area contributed by atoms with E-state index in [1.807, 2.05) is 0 Å². The van der Waals surface area contributed by atoms with Crippen LogP contribution in [-0.2, 0) is 26.6 Å². The maximum atomic E-state index is 14.0. The Morgan fingerprint density at radius 2 is 1.61 bits per heavy atom. The smallest absolute Gasteiger partial charge is 0.224 e. The predicted octanol–water partition coefficient (Wildman–Crippen LogP) is 3.25. The monoisotopic (exact) mass is 448 g/mol. The molecule has 10 heteroatoms. The lowest BCUT2D eigenvalue weighted by molar-refractivity contribution is 0.345. The summed E-state index contributed by atoms with van der Waals surface area (Å²) >= 11 is 5.99. The van der Waals surface area contributed by atoms with Gasteiger partial charge in [-0.05, 0) is 36.8 Å². The summed E-state index contributed by atoms with van der Waals surface area (Å²) in [6.07, 6.45) is 1.10. The summed E-state index contributed by atoms with van der Waals surface area (Å²) in [6.45, 7) is 1.45. The van der Waals surface area contributed by atoms with Crippen LogP contribution in [0.15, 0.2) is 47.4 Å². The van der Waals surface area contributed by atoms with E-state index in [1.54, 1.807) is 19.1 Å². The van der Waals surface area contributed by atoms with E-state index in [0.717, 1.165) is 14.9 Å². The zero-order valence-electron chi connectivity index (χ0n) is 15.9. The summed E-state index contributed by atoms with van der Waals surface area (Å²) in [4.78, 5) is 0.153. The van der Waals surface area contributed by atoms with Gasteiger partial charge in [0.05, 0.1) is 4.90 Å². The van der Waals surface area contributed by atoms with E-state index < -0.39 is 31.9 Å². The Kier molecular flexibility index (Phi) is 6.88. The van der Waals surface area contributed by atoms with Crippen LogP contribution in [-0.4, -0.2) is 45.8 Å². The molecule has 0 radical (unpaired) electrons. The van der Waals surface area contributed by atoms with Crippen molar-refractivity contribution >= 4 is 31.6 Å². The first-order valence-corrected chi connectivity index (χ1v) is 11.9. The summed E-state index contributed by atoms with van der Waals surface area (Å²) in [5.74, 6) is -0.582. The number of halogens is 2. The molecule has 0 heterocycles. The molecular formula is C18H22ClFN2O4S2. The molecule has 0 aliphatic heterocycles. The fourth-order valence-corrected chi connectivity index (χ4v) is 4.72. The third-order valence-electron chi connectivity index (χ3n) is 4.54. The molecule has 2 aromatic rings. The number of rotatable bonds is 7. The maximum Gasteiger partial charge on any atom is 0.282 e. The summed E-state index contributed by atoms with van der Waals surface area (Å²) in [5, 5.41) is 0.147. The average molecular weight is 449 g/mol. The molecule has 0 spiro atoms. The quantitative estimate of drug-likeness (QED) is 0.651. The van der Waals surface area contributed by atoms with Gasteiger partial charge in [0.25, 0.3) is 10.2 Å². The molecule has 0 aliphatic rings. The second-order valence-electron chi connectivity index (χ2n) is 6.50. The Bertz CT molecular complexity index is 1040. The van der Waals surface area contributed by atoms with Crippen molar-refractivity contribution < 1.29 is 21.2 Å². The highest BCUT2D eigenvalue weighted by Crippen LogP contribution is 2.26. The third kappa shape index (κ3) is 4.90. The molecule has 154 valence electrons. The Morgan fingerprint density at radius 3 is 2.11 bits per heavy atom. The van der Waals surface area contributed by atoms with Gasteiger partial charge in [0, 0.05) is 43.5 Å². The van der Waals surface area contributed by atoms with Crippen LogP contribution < -0.4 is 0 Å². The molecule has 2 rings (SSSR count). The van der Waals surface area contributed by atoms with Crippen LogP contribution in [0.1, 0.15) is 24.1 Å². The van der Waals surface area contributed by atoms with Gasteiger partial charge < -0.3 is 0 Å². The Hall–Kier alpha value is -1.52. The molecule has 0 N–H and O–H groups in total. The third-order valence-corrected chi connectivity index (χ3v) is 7.98. The van der Waals surface area contributed by atoms with E-state index >= 15 is 0 Å². The fraction of sp³-hybridized carbons (Fsp3) is 0.333. The molecule has 0 saturated heterocycles. The molecule has 0 aromatic heterocycles. The number of sulfone groups is 1. The summed E-state index contributed by atoms with van der Waals surface area (Å²) in [7, 11) is -4.52. The standard InChI is InChI=1S/C18H22ClFN2O4S2/c1-13(14-8-10-15(11-9-14)27(4,23)24)22(3)28(25,26)21(2)12-16-17(19)6-5-7-18(16)20/h5-11,13H,12H2,1-4H3. The van der Waals surface area contributed by atoms with Gasteiger partial charge in [0.2, 0.25) is 0 Å². The second-order valence-corrected chi connectivity index (χ2v) is 11.0. The maximum absolute atomic E-state index is 14.0. The zero-order chi connectivity index (χ0) is 21.3. The molecule has 6 nitrogen and oxygen atoms in total. The molecule has 2 aromatic carbocycles. The van der Waals surface area contributed by atoms with E-state index in [0.29, 0.717) is 5.56 Å². The van der Waals surface area contributed by atoms with Gasteiger partial charge in [-0.15, -0.1) is 0 Å². The minimum atomic E-state index is -3.93. The minimum absolute atomic E-state index is 0.0915. The van der Waals surface area contributed by atoms with Crippen LogP contribution in [0.25, 0.3) is 0 Å². The van der Waals surface area contributed by atoms with Crippen LogP contribution >= 0.6 is 11.6 Å². The van der Waals surface area contributed by atoms with Crippen molar-refractivity contribution in [1.29, 1.82) is 0 Å². The zero-order valence-corrected chi connectivity index (χ0v) is 18.3. The Morgan fingerprint density at radius 1 is 1.04 bits per heavy atom. The summed E-state index contributed by atoms with van der Waals surface area (Å²) in [5.41, 5.74) is 0.713. The highest BCUT2D eigenvalue weighted by molar-refractivity contribution is 7.90. The number of hydrogen-bond acceptors (Lipinski definition) is 4. The summed E-state index contributed by atoms with van der Waals surface area (Å²) in [6, 6.07) is 9.60. The van der Waals surface area contributed by atoms with Gasteiger partial charge in [-0.1, -0.05) is 29.8 Å². The van der Waals surface area contributed by atoms with Crippen molar-refractivity contribution in [2.24, 2.45) is 0 Å². The molecule has 1 atom stereocenters. The van der Waals surface area contributed by atoms with Crippen LogP contribution in [0.5, 0.6) is 0 Å². The highest BCUT2D eigenvalue weighted by Gasteiger charge is 2.29. The first kappa shape index (κ1) is 22.8. The van der Waals surface area contributed by atoms with Crippen LogP contribution in [0.2, 0.25) is 5.02 Å². The lowest BCUT2D eigenvalue weighted by Crippen LogP contribution is -2.40. The van der Waals surface area contributed by atoms with Crippen molar-refractivity contribution in [3.63, 3.8) is 0 Å². The molecule has 0 bridgehead atoms. The SMILES string of the molecule is CC(c1ccc(S(C)(=O)=O)cc1)N(C)S(=O)(=O)N(C)Cc1c(F)cccc1Cl. The first-order chi connectivity index (χ1) is 12.9. The van der Waals surface area contributed by atoms with Crippen molar-refractivity contribution in [1.82, 2.24) is 8.61 Å². The van der Waals surface area contributed by atoms with Crippen molar-refractivity contribution in [2.45, 2.75) is 24.4 Å². The van der Waals surface area contributed by atoms with Gasteiger partial charge >= 0.3 is 0 Å². The second kappa shape index (κ2) is 8.46. The van der Waals surface area contributed by atoms with Crippen LogP contribution in [0.3, 0.4) is 0 Å². The highest BCUT2D eigenvalue weighted by atomic mass is 35.5. The number of hydrogen-bond donors (Lipinski definition) is 0. The van der Waals surface area contributed by atoms with E-state index in [9.17, 15) is 21.2 Å². The molecule has 0 saturated carbocycles. The lowest BCUT2D eigenvalue weighted by atomic mass is 10.1. The fourth-order valence-electron chi connectivity index (χ4n) is 2.61. The molecular weight excluding hydrogens is 427 g/mol. The van der Waals surface area contributed by atoms with Crippen molar-refractivity contribution in [3.05, 3.63) is 64.4 Å². The van der Waals surface area contributed by atoms with Crippen LogP contribution in [0, 0.1) is 5.82 Å². The number of nitrogens with zero attached hydrogens (tertiary/aromatic N) is 2. The topological polar surface area (TPSA) is 74.8 Å². The molecule has 0 aliphatic carbocycles. The van der Waals surface area contributed by atoms with Crippen LogP contribution in [0.4, 0.5) is 4.39 Å². The number of benzene rings is 2. The Balaban J connectivity index is 2.24. The molecule has 0 fully saturated rings. The van der Waals surface area contributed by atoms with E-state index in [1.165, 1.54) is 44.4 Å². The first-order valence-electron chi connectivity index (χ1n) is 8.28. The normalized spacial score (nSPS) is 13.9. The van der Waals surface area contributed by atoms with E-state index in [-0.39, 0.29) is 22.0 Å².